The van der Waals surface area contributed by atoms with Gasteiger partial charge in [-0.3, -0.25) is 0 Å². The molecule has 35 heavy (non-hydrogen) atoms. The number of ether oxygens (including phenoxy) is 3. The molecule has 3 rings (SSSR count). The van der Waals surface area contributed by atoms with Gasteiger partial charge in [0.2, 0.25) is 0 Å². The summed E-state index contributed by atoms with van der Waals surface area (Å²) in [5.74, 6) is 2.22. The van der Waals surface area contributed by atoms with Gasteiger partial charge in [-0.15, -0.1) is 0 Å². The molecule has 0 amide bonds. The molecule has 1 N–H and O–H groups in total. The molecule has 3 aromatic carbocycles. The molecule has 0 bridgehead atoms. The molecule has 188 valence electrons. The van der Waals surface area contributed by atoms with Gasteiger partial charge in [0.1, 0.15) is 23.0 Å². The van der Waals surface area contributed by atoms with E-state index in [-0.39, 0.29) is 17.3 Å². The first-order chi connectivity index (χ1) is 16.4. The Bertz CT molecular complexity index is 1220. The summed E-state index contributed by atoms with van der Waals surface area (Å²) in [6.45, 7) is 14.7. The maximum absolute atomic E-state index is 10.8. The number of hydrogen-bond acceptors (Lipinski definition) is 4. The van der Waals surface area contributed by atoms with Crippen LogP contribution in [0.25, 0.3) is 22.3 Å². The summed E-state index contributed by atoms with van der Waals surface area (Å²) < 4.78 is 18.0. The fourth-order valence-corrected chi connectivity index (χ4v) is 4.51. The van der Waals surface area contributed by atoms with Gasteiger partial charge in [-0.1, -0.05) is 45.4 Å². The maximum atomic E-state index is 10.8. The molecule has 0 unspecified atom stereocenters. The lowest BCUT2D eigenvalue weighted by atomic mass is 9.83. The van der Waals surface area contributed by atoms with E-state index in [0.717, 1.165) is 34.4 Å². The molecule has 0 aliphatic carbocycles. The van der Waals surface area contributed by atoms with Crippen LogP contribution in [0.2, 0.25) is 5.02 Å². The second-order valence-corrected chi connectivity index (χ2v) is 10.6. The number of aromatic hydroxyl groups is 1. The van der Waals surface area contributed by atoms with Gasteiger partial charge in [-0.05, 0) is 79.6 Å². The summed E-state index contributed by atoms with van der Waals surface area (Å²) in [5.41, 5.74) is 6.19. The molecular formula is C30H37ClO4. The summed E-state index contributed by atoms with van der Waals surface area (Å²) in [5, 5.41) is 11.4. The number of aryl methyl sites for hydroxylation is 2. The average molecular weight is 497 g/mol. The summed E-state index contributed by atoms with van der Waals surface area (Å²) >= 11 is 6.49. The van der Waals surface area contributed by atoms with Crippen LogP contribution in [0.5, 0.6) is 23.0 Å². The molecule has 0 atom stereocenters. The number of halogens is 1. The van der Waals surface area contributed by atoms with E-state index in [1.807, 2.05) is 32.9 Å². The van der Waals surface area contributed by atoms with Crippen molar-refractivity contribution in [1.82, 2.24) is 0 Å². The highest BCUT2D eigenvalue weighted by Gasteiger charge is 2.24. The molecule has 0 fully saturated rings. The zero-order valence-corrected chi connectivity index (χ0v) is 23.1. The first kappa shape index (κ1) is 26.7. The standard InChI is InChI=1S/C30H37ClO4/c1-10-19-12-26(32)21(14-25(19)31)22-15-28(34-9)23(16-27(22)33-8)24-13-20(30(5,6)7)11-18(4)29(24)35-17(2)3/h11-17,32H,10H2,1-9H3. The lowest BCUT2D eigenvalue weighted by Gasteiger charge is -2.25. The second-order valence-electron chi connectivity index (χ2n) is 10.2. The molecule has 0 spiro atoms. The predicted molar refractivity (Wildman–Crippen MR) is 146 cm³/mol. The van der Waals surface area contributed by atoms with Crippen molar-refractivity contribution in [3.8, 4) is 45.3 Å². The van der Waals surface area contributed by atoms with Crippen LogP contribution in [0.1, 0.15) is 58.2 Å². The van der Waals surface area contributed by atoms with Gasteiger partial charge in [0, 0.05) is 27.3 Å². The monoisotopic (exact) mass is 496 g/mol. The predicted octanol–water partition coefficient (Wildman–Crippen LogP) is 8.35. The summed E-state index contributed by atoms with van der Waals surface area (Å²) in [4.78, 5) is 0. The van der Waals surface area contributed by atoms with Crippen molar-refractivity contribution >= 4 is 11.6 Å². The highest BCUT2D eigenvalue weighted by Crippen LogP contribution is 2.48. The minimum atomic E-state index is -0.0449. The minimum Gasteiger partial charge on any atom is -0.507 e. The van der Waals surface area contributed by atoms with Crippen molar-refractivity contribution in [1.29, 1.82) is 0 Å². The van der Waals surface area contributed by atoms with Crippen LogP contribution in [-0.4, -0.2) is 25.4 Å². The Morgan fingerprint density at radius 2 is 1.43 bits per heavy atom. The molecule has 0 aromatic heterocycles. The van der Waals surface area contributed by atoms with Gasteiger partial charge in [-0.25, -0.2) is 0 Å². The summed E-state index contributed by atoms with van der Waals surface area (Å²) in [7, 11) is 3.27. The first-order valence-electron chi connectivity index (χ1n) is 12.0. The number of rotatable bonds is 7. The van der Waals surface area contributed by atoms with Crippen molar-refractivity contribution < 1.29 is 19.3 Å². The maximum Gasteiger partial charge on any atom is 0.130 e. The van der Waals surface area contributed by atoms with Crippen molar-refractivity contribution in [2.75, 3.05) is 14.2 Å². The van der Waals surface area contributed by atoms with Gasteiger partial charge in [0.25, 0.3) is 0 Å². The second kappa shape index (κ2) is 10.4. The number of phenolic OH excluding ortho intramolecular Hbond substituents is 1. The fraction of sp³-hybridized carbons (Fsp3) is 0.400. The lowest BCUT2D eigenvalue weighted by molar-refractivity contribution is 0.241. The molecule has 4 nitrogen and oxygen atoms in total. The molecule has 0 saturated carbocycles. The summed E-state index contributed by atoms with van der Waals surface area (Å²) in [6, 6.07) is 11.7. The molecule has 0 heterocycles. The molecule has 5 heteroatoms. The topological polar surface area (TPSA) is 47.9 Å². The third-order valence-corrected chi connectivity index (χ3v) is 6.49. The fourth-order valence-electron chi connectivity index (χ4n) is 4.21. The molecular weight excluding hydrogens is 460 g/mol. The Hall–Kier alpha value is -2.85. The van der Waals surface area contributed by atoms with Crippen molar-refractivity contribution in [2.24, 2.45) is 0 Å². The zero-order chi connectivity index (χ0) is 26.1. The van der Waals surface area contributed by atoms with Crippen LogP contribution in [0.3, 0.4) is 0 Å². The zero-order valence-electron chi connectivity index (χ0n) is 22.3. The third-order valence-electron chi connectivity index (χ3n) is 6.14. The molecule has 0 radical (unpaired) electrons. The number of hydrogen-bond donors (Lipinski definition) is 1. The Kier molecular flexibility index (Phi) is 7.96. The average Bonchev–Trinajstić information content (AvgIpc) is 2.79. The largest absolute Gasteiger partial charge is 0.507 e. The van der Waals surface area contributed by atoms with Crippen molar-refractivity contribution in [3.05, 3.63) is 58.1 Å². The van der Waals surface area contributed by atoms with Gasteiger partial charge in [-0.2, -0.15) is 0 Å². The van der Waals surface area contributed by atoms with E-state index in [1.54, 1.807) is 26.4 Å². The van der Waals surface area contributed by atoms with E-state index in [1.165, 1.54) is 5.56 Å². The van der Waals surface area contributed by atoms with Crippen LogP contribution in [0.4, 0.5) is 0 Å². The molecule has 0 saturated heterocycles. The Balaban J connectivity index is 2.34. The van der Waals surface area contributed by atoms with Crippen LogP contribution in [-0.2, 0) is 11.8 Å². The first-order valence-corrected chi connectivity index (χ1v) is 12.4. The lowest BCUT2D eigenvalue weighted by Crippen LogP contribution is -2.14. The van der Waals surface area contributed by atoms with Gasteiger partial charge < -0.3 is 19.3 Å². The Morgan fingerprint density at radius 3 is 1.91 bits per heavy atom. The van der Waals surface area contributed by atoms with Gasteiger partial charge >= 0.3 is 0 Å². The molecule has 0 aliphatic heterocycles. The van der Waals surface area contributed by atoms with E-state index < -0.39 is 0 Å². The summed E-state index contributed by atoms with van der Waals surface area (Å²) in [6.07, 6.45) is 0.741. The quantitative estimate of drug-likeness (QED) is 0.357. The third kappa shape index (κ3) is 5.54. The van der Waals surface area contributed by atoms with Gasteiger partial charge in [0.05, 0.1) is 20.3 Å². The van der Waals surface area contributed by atoms with Crippen molar-refractivity contribution in [2.45, 2.75) is 66.4 Å². The van der Waals surface area contributed by atoms with E-state index in [0.29, 0.717) is 27.6 Å². The van der Waals surface area contributed by atoms with Crippen LogP contribution >= 0.6 is 11.6 Å². The van der Waals surface area contributed by atoms with E-state index >= 15 is 0 Å². The normalized spacial score (nSPS) is 11.6. The van der Waals surface area contributed by atoms with E-state index in [4.69, 9.17) is 25.8 Å². The van der Waals surface area contributed by atoms with Gasteiger partial charge in [0.15, 0.2) is 0 Å². The SMILES string of the molecule is CCc1cc(O)c(-c2cc(OC)c(-c3cc(C(C)(C)C)cc(C)c3OC(C)C)cc2OC)cc1Cl. The highest BCUT2D eigenvalue weighted by atomic mass is 35.5. The van der Waals surface area contributed by atoms with E-state index in [9.17, 15) is 5.11 Å². The molecule has 3 aromatic rings. The van der Waals surface area contributed by atoms with Crippen LogP contribution in [0, 0.1) is 6.92 Å². The Morgan fingerprint density at radius 1 is 0.857 bits per heavy atom. The van der Waals surface area contributed by atoms with E-state index in [2.05, 4.69) is 39.8 Å². The number of phenols is 1. The number of methoxy groups -OCH3 is 2. The highest BCUT2D eigenvalue weighted by molar-refractivity contribution is 6.31. The van der Waals surface area contributed by atoms with Crippen LogP contribution < -0.4 is 14.2 Å². The molecule has 0 aliphatic rings. The van der Waals surface area contributed by atoms with Crippen molar-refractivity contribution in [3.63, 3.8) is 0 Å². The smallest absolute Gasteiger partial charge is 0.130 e. The Labute approximate surface area is 214 Å². The number of benzene rings is 3. The van der Waals surface area contributed by atoms with Crippen LogP contribution in [0.15, 0.2) is 36.4 Å². The minimum absolute atomic E-state index is 0.0104.